The third-order valence-electron chi connectivity index (χ3n) is 2.89. The Morgan fingerprint density at radius 3 is 2.11 bits per heavy atom. The van der Waals surface area contributed by atoms with Gasteiger partial charge in [0.1, 0.15) is 0 Å². The third kappa shape index (κ3) is 2.03. The Morgan fingerprint density at radius 1 is 1.06 bits per heavy atom. The molecule has 2 rings (SSSR count). The number of pyridine rings is 1. The van der Waals surface area contributed by atoms with Crippen LogP contribution in [0.15, 0.2) is 18.3 Å². The Kier molecular flexibility index (Phi) is 2.97. The van der Waals surface area contributed by atoms with Crippen LogP contribution >= 0.6 is 0 Å². The molecule has 0 aliphatic rings. The molecule has 0 fully saturated rings. The summed E-state index contributed by atoms with van der Waals surface area (Å²) in [7, 11) is 1.46. The van der Waals surface area contributed by atoms with Crippen LogP contribution in [0.25, 0.3) is 10.8 Å². The molecule has 0 aliphatic heterocycles. The fraction of sp³-hybridized carbons (Fsp3) is 0.357. The van der Waals surface area contributed by atoms with Gasteiger partial charge in [-0.15, -0.1) is 0 Å². The molecule has 0 saturated heterocycles. The first kappa shape index (κ1) is 12.7. The molecule has 96 valence electrons. The second-order valence-electron chi connectivity index (χ2n) is 5.24. The maximum Gasteiger partial charge on any atom is 0.221 e. The van der Waals surface area contributed by atoms with E-state index in [4.69, 9.17) is 4.74 Å². The number of ether oxygens (including phenoxy) is 1. The Bertz CT molecular complexity index is 603. The summed E-state index contributed by atoms with van der Waals surface area (Å²) in [5, 5.41) is 1.12. The zero-order valence-electron chi connectivity index (χ0n) is 10.8. The molecule has 1 aromatic heterocycles. The van der Waals surface area contributed by atoms with E-state index in [1.807, 2.05) is 20.8 Å². The minimum absolute atomic E-state index is 0.207. The van der Waals surface area contributed by atoms with Crippen molar-refractivity contribution in [2.24, 2.45) is 0 Å². The Hall–Kier alpha value is -1.71. The molecule has 1 heterocycles. The molecule has 0 unspecified atom stereocenters. The summed E-state index contributed by atoms with van der Waals surface area (Å²) >= 11 is 0. The average Bonchev–Trinajstić information content (AvgIpc) is 2.28. The molecule has 1 aromatic carbocycles. The Balaban J connectivity index is 2.88. The van der Waals surface area contributed by atoms with Gasteiger partial charge in [0.2, 0.25) is 5.88 Å². The quantitative estimate of drug-likeness (QED) is 0.768. The van der Waals surface area contributed by atoms with Gasteiger partial charge in [-0.3, -0.25) is 0 Å². The second-order valence-corrected chi connectivity index (χ2v) is 5.24. The van der Waals surface area contributed by atoms with Gasteiger partial charge in [-0.25, -0.2) is 13.8 Å². The second kappa shape index (κ2) is 4.19. The molecular formula is C14H15F2NO. The van der Waals surface area contributed by atoms with Crippen LogP contribution in [0, 0.1) is 11.6 Å². The minimum atomic E-state index is -0.895. The van der Waals surface area contributed by atoms with Crippen molar-refractivity contribution in [3.05, 3.63) is 35.5 Å². The zero-order chi connectivity index (χ0) is 13.5. The highest BCUT2D eigenvalue weighted by Crippen LogP contribution is 2.34. The van der Waals surface area contributed by atoms with E-state index in [2.05, 4.69) is 4.98 Å². The number of hydrogen-bond donors (Lipinski definition) is 0. The number of halogens is 2. The van der Waals surface area contributed by atoms with Crippen LogP contribution in [0.5, 0.6) is 5.88 Å². The standard InChI is InChI=1S/C14H15F2NO/c1-14(2,3)10-7-17-13(18-4)9-6-12(16)11(15)5-8(9)10/h5-7H,1-4H3. The van der Waals surface area contributed by atoms with Crippen LogP contribution < -0.4 is 4.74 Å². The molecule has 0 amide bonds. The molecule has 0 saturated carbocycles. The maximum atomic E-state index is 13.4. The zero-order valence-corrected chi connectivity index (χ0v) is 10.8. The summed E-state index contributed by atoms with van der Waals surface area (Å²) in [5.74, 6) is -1.45. The summed E-state index contributed by atoms with van der Waals surface area (Å²) in [6, 6.07) is 2.33. The molecule has 0 atom stereocenters. The summed E-state index contributed by atoms with van der Waals surface area (Å²) in [6.45, 7) is 5.99. The smallest absolute Gasteiger partial charge is 0.221 e. The molecule has 0 bridgehead atoms. The van der Waals surface area contributed by atoms with Gasteiger partial charge in [-0.05, 0) is 28.5 Å². The molecule has 0 spiro atoms. The van der Waals surface area contributed by atoms with Gasteiger partial charge >= 0.3 is 0 Å². The van der Waals surface area contributed by atoms with E-state index in [1.54, 1.807) is 6.20 Å². The van der Waals surface area contributed by atoms with E-state index >= 15 is 0 Å². The van der Waals surface area contributed by atoms with E-state index in [-0.39, 0.29) is 5.41 Å². The summed E-state index contributed by atoms with van der Waals surface area (Å²) in [6.07, 6.45) is 1.65. The van der Waals surface area contributed by atoms with Crippen molar-refractivity contribution in [3.63, 3.8) is 0 Å². The van der Waals surface area contributed by atoms with Crippen molar-refractivity contribution in [2.45, 2.75) is 26.2 Å². The average molecular weight is 251 g/mol. The van der Waals surface area contributed by atoms with Crippen LogP contribution in [0.2, 0.25) is 0 Å². The predicted molar refractivity (Wildman–Crippen MR) is 66.9 cm³/mol. The lowest BCUT2D eigenvalue weighted by Crippen LogP contribution is -2.13. The number of rotatable bonds is 1. The summed E-state index contributed by atoms with van der Waals surface area (Å²) in [5.41, 5.74) is 0.652. The third-order valence-corrected chi connectivity index (χ3v) is 2.89. The fourth-order valence-corrected chi connectivity index (χ4v) is 1.97. The van der Waals surface area contributed by atoms with Crippen molar-refractivity contribution < 1.29 is 13.5 Å². The van der Waals surface area contributed by atoms with Crippen LogP contribution in [-0.4, -0.2) is 12.1 Å². The predicted octanol–water partition coefficient (Wildman–Crippen LogP) is 3.82. The van der Waals surface area contributed by atoms with Gasteiger partial charge in [0.15, 0.2) is 11.6 Å². The van der Waals surface area contributed by atoms with Crippen molar-refractivity contribution in [1.29, 1.82) is 0 Å². The lowest BCUT2D eigenvalue weighted by atomic mass is 9.85. The van der Waals surface area contributed by atoms with Crippen LogP contribution in [0.1, 0.15) is 26.3 Å². The number of hydrogen-bond acceptors (Lipinski definition) is 2. The lowest BCUT2D eigenvalue weighted by Gasteiger charge is -2.21. The van der Waals surface area contributed by atoms with E-state index < -0.39 is 11.6 Å². The molecule has 2 aromatic rings. The van der Waals surface area contributed by atoms with Gasteiger partial charge in [-0.1, -0.05) is 20.8 Å². The minimum Gasteiger partial charge on any atom is -0.481 e. The molecular weight excluding hydrogens is 236 g/mol. The van der Waals surface area contributed by atoms with E-state index in [1.165, 1.54) is 13.2 Å². The monoisotopic (exact) mass is 251 g/mol. The molecule has 0 radical (unpaired) electrons. The Morgan fingerprint density at radius 2 is 1.61 bits per heavy atom. The first-order valence-electron chi connectivity index (χ1n) is 5.67. The first-order valence-corrected chi connectivity index (χ1v) is 5.67. The van der Waals surface area contributed by atoms with Crippen molar-refractivity contribution in [1.82, 2.24) is 4.98 Å². The number of aromatic nitrogens is 1. The van der Waals surface area contributed by atoms with Gasteiger partial charge in [0.25, 0.3) is 0 Å². The molecule has 0 N–H and O–H groups in total. The number of methoxy groups -OCH3 is 1. The molecule has 0 aliphatic carbocycles. The fourth-order valence-electron chi connectivity index (χ4n) is 1.97. The van der Waals surface area contributed by atoms with Gasteiger partial charge in [0.05, 0.1) is 7.11 Å². The van der Waals surface area contributed by atoms with Gasteiger partial charge < -0.3 is 4.74 Å². The van der Waals surface area contributed by atoms with Gasteiger partial charge in [0, 0.05) is 11.6 Å². The Labute approximate surface area is 105 Å². The molecule has 2 nitrogen and oxygen atoms in total. The van der Waals surface area contributed by atoms with Crippen molar-refractivity contribution in [3.8, 4) is 5.88 Å². The molecule has 18 heavy (non-hydrogen) atoms. The SMILES string of the molecule is COc1ncc(C(C)(C)C)c2cc(F)c(F)cc12. The van der Waals surface area contributed by atoms with E-state index in [9.17, 15) is 8.78 Å². The number of benzene rings is 1. The number of nitrogens with zero attached hydrogens (tertiary/aromatic N) is 1. The normalized spacial score (nSPS) is 11.9. The highest BCUT2D eigenvalue weighted by molar-refractivity contribution is 5.90. The van der Waals surface area contributed by atoms with Crippen molar-refractivity contribution >= 4 is 10.8 Å². The first-order chi connectivity index (χ1) is 8.34. The number of fused-ring (bicyclic) bond motifs is 1. The van der Waals surface area contributed by atoms with Crippen LogP contribution in [0.4, 0.5) is 8.78 Å². The van der Waals surface area contributed by atoms with E-state index in [0.29, 0.717) is 16.7 Å². The highest BCUT2D eigenvalue weighted by Gasteiger charge is 2.20. The van der Waals surface area contributed by atoms with E-state index in [0.717, 1.165) is 11.6 Å². The highest BCUT2D eigenvalue weighted by atomic mass is 19.2. The topological polar surface area (TPSA) is 22.1 Å². The lowest BCUT2D eigenvalue weighted by molar-refractivity contribution is 0.402. The van der Waals surface area contributed by atoms with Gasteiger partial charge in [-0.2, -0.15) is 0 Å². The van der Waals surface area contributed by atoms with Crippen LogP contribution in [0.3, 0.4) is 0 Å². The summed E-state index contributed by atoms with van der Waals surface area (Å²) < 4.78 is 31.8. The van der Waals surface area contributed by atoms with Crippen LogP contribution in [-0.2, 0) is 5.41 Å². The summed E-state index contributed by atoms with van der Waals surface area (Å²) in [4.78, 5) is 4.15. The largest absolute Gasteiger partial charge is 0.481 e. The van der Waals surface area contributed by atoms with Crippen molar-refractivity contribution in [2.75, 3.05) is 7.11 Å². The maximum absolute atomic E-state index is 13.4. The molecule has 4 heteroatoms.